The van der Waals surface area contributed by atoms with E-state index >= 15 is 0 Å². The van der Waals surface area contributed by atoms with Gasteiger partial charge in [-0.2, -0.15) is 0 Å². The number of carbonyl (C=O) groups is 1. The molecule has 0 aliphatic carbocycles. The number of rotatable bonds is 4. The lowest BCUT2D eigenvalue weighted by atomic mass is 10.1. The Morgan fingerprint density at radius 3 is 2.64 bits per heavy atom. The van der Waals surface area contributed by atoms with Crippen LogP contribution in [0.25, 0.3) is 5.69 Å². The maximum absolute atomic E-state index is 13.0. The van der Waals surface area contributed by atoms with E-state index in [9.17, 15) is 9.18 Å². The molecule has 0 spiro atoms. The summed E-state index contributed by atoms with van der Waals surface area (Å²) < 4.78 is 14.7. The summed E-state index contributed by atoms with van der Waals surface area (Å²) in [6.07, 6.45) is 1.15. The van der Waals surface area contributed by atoms with Gasteiger partial charge in [0.1, 0.15) is 11.5 Å². The zero-order valence-electron chi connectivity index (χ0n) is 12.0. The summed E-state index contributed by atoms with van der Waals surface area (Å²) in [5.41, 5.74) is 3.81. The van der Waals surface area contributed by atoms with Crippen LogP contribution in [0.1, 0.15) is 27.3 Å². The molecule has 22 heavy (non-hydrogen) atoms. The molecular formula is C17H14FN3O. The highest BCUT2D eigenvalue weighted by atomic mass is 19.1. The third-order valence-corrected chi connectivity index (χ3v) is 3.44. The van der Waals surface area contributed by atoms with E-state index in [4.69, 9.17) is 0 Å². The van der Waals surface area contributed by atoms with Crippen LogP contribution in [0.4, 0.5) is 4.39 Å². The molecule has 0 atom stereocenters. The smallest absolute Gasteiger partial charge is 0.172 e. The molecule has 0 N–H and O–H groups in total. The lowest BCUT2D eigenvalue weighted by Gasteiger charge is -2.08. The minimum absolute atomic E-state index is 0.287. The second-order valence-corrected chi connectivity index (χ2v) is 5.09. The van der Waals surface area contributed by atoms with Crippen molar-refractivity contribution in [3.05, 3.63) is 76.9 Å². The Bertz CT molecular complexity index is 809. The van der Waals surface area contributed by atoms with Gasteiger partial charge in [0, 0.05) is 6.42 Å². The average Bonchev–Trinajstić information content (AvgIpc) is 2.92. The molecule has 1 aromatic heterocycles. The van der Waals surface area contributed by atoms with Gasteiger partial charge >= 0.3 is 0 Å². The van der Waals surface area contributed by atoms with E-state index in [0.29, 0.717) is 24.1 Å². The topological polar surface area (TPSA) is 47.8 Å². The summed E-state index contributed by atoms with van der Waals surface area (Å²) in [6.45, 7) is 1.99. The van der Waals surface area contributed by atoms with E-state index in [1.54, 1.807) is 16.8 Å². The number of hydrogen-bond donors (Lipinski definition) is 0. The summed E-state index contributed by atoms with van der Waals surface area (Å²) in [5, 5.41) is 8.00. The highest BCUT2D eigenvalue weighted by Crippen LogP contribution is 2.17. The normalized spacial score (nSPS) is 10.6. The Morgan fingerprint density at radius 2 is 1.95 bits per heavy atom. The monoisotopic (exact) mass is 295 g/mol. The number of halogens is 1. The number of nitrogens with zero attached hydrogens (tertiary/aromatic N) is 3. The fraction of sp³-hybridized carbons (Fsp3) is 0.118. The molecule has 0 unspecified atom stereocenters. The lowest BCUT2D eigenvalue weighted by molar-refractivity contribution is 0.111. The van der Waals surface area contributed by atoms with E-state index < -0.39 is 0 Å². The van der Waals surface area contributed by atoms with Crippen molar-refractivity contribution in [3.8, 4) is 5.69 Å². The fourth-order valence-electron chi connectivity index (χ4n) is 2.33. The molecule has 110 valence electrons. The van der Waals surface area contributed by atoms with Crippen LogP contribution in [0, 0.1) is 12.7 Å². The molecule has 0 saturated carbocycles. The summed E-state index contributed by atoms with van der Waals surface area (Å²) in [6, 6.07) is 14.0. The van der Waals surface area contributed by atoms with E-state index in [0.717, 1.165) is 16.8 Å². The van der Waals surface area contributed by atoms with Gasteiger partial charge in [0.15, 0.2) is 6.29 Å². The van der Waals surface area contributed by atoms with Gasteiger partial charge in [-0.25, -0.2) is 9.07 Å². The largest absolute Gasteiger partial charge is 0.296 e. The van der Waals surface area contributed by atoms with Crippen LogP contribution in [0.3, 0.4) is 0 Å². The molecule has 0 radical (unpaired) electrons. The van der Waals surface area contributed by atoms with Crippen LogP contribution in [-0.4, -0.2) is 21.3 Å². The first kappa shape index (κ1) is 14.1. The standard InChI is InChI=1S/C17H14FN3O/c1-12-3-2-4-15(9-12)21-17(16(11-22)19-20-21)10-13-5-7-14(18)8-6-13/h2-9,11H,10H2,1H3. The third kappa shape index (κ3) is 2.79. The van der Waals surface area contributed by atoms with Gasteiger partial charge in [0.25, 0.3) is 0 Å². The molecule has 4 nitrogen and oxygen atoms in total. The summed E-state index contributed by atoms with van der Waals surface area (Å²) in [4.78, 5) is 11.2. The first-order valence-corrected chi connectivity index (χ1v) is 6.88. The van der Waals surface area contributed by atoms with Gasteiger partial charge in [-0.15, -0.1) is 5.10 Å². The van der Waals surface area contributed by atoms with Gasteiger partial charge < -0.3 is 0 Å². The predicted octanol–water partition coefficient (Wildman–Crippen LogP) is 3.12. The third-order valence-electron chi connectivity index (χ3n) is 3.44. The van der Waals surface area contributed by atoms with Crippen molar-refractivity contribution in [3.63, 3.8) is 0 Å². The van der Waals surface area contributed by atoms with Crippen molar-refractivity contribution in [2.24, 2.45) is 0 Å². The summed E-state index contributed by atoms with van der Waals surface area (Å²) >= 11 is 0. The zero-order valence-corrected chi connectivity index (χ0v) is 12.0. The molecule has 0 fully saturated rings. The number of aromatic nitrogens is 3. The van der Waals surface area contributed by atoms with Crippen molar-refractivity contribution in [1.29, 1.82) is 0 Å². The van der Waals surface area contributed by atoms with Crippen molar-refractivity contribution in [2.45, 2.75) is 13.3 Å². The predicted molar refractivity (Wildman–Crippen MR) is 80.7 cm³/mol. The van der Waals surface area contributed by atoms with E-state index in [2.05, 4.69) is 10.3 Å². The number of aryl methyl sites for hydroxylation is 1. The molecule has 3 rings (SSSR count). The first-order chi connectivity index (χ1) is 10.7. The molecule has 0 aliphatic heterocycles. The molecular weight excluding hydrogens is 281 g/mol. The minimum Gasteiger partial charge on any atom is -0.296 e. The van der Waals surface area contributed by atoms with Gasteiger partial charge in [-0.05, 0) is 42.3 Å². The minimum atomic E-state index is -0.287. The molecule has 1 heterocycles. The maximum Gasteiger partial charge on any atom is 0.172 e. The summed E-state index contributed by atoms with van der Waals surface area (Å²) in [7, 11) is 0. The lowest BCUT2D eigenvalue weighted by Crippen LogP contribution is -2.05. The van der Waals surface area contributed by atoms with Crippen LogP contribution in [-0.2, 0) is 6.42 Å². The molecule has 2 aromatic carbocycles. The van der Waals surface area contributed by atoms with Crippen molar-refractivity contribution < 1.29 is 9.18 Å². The van der Waals surface area contributed by atoms with Gasteiger partial charge in [-0.3, -0.25) is 4.79 Å². The second kappa shape index (κ2) is 5.89. The van der Waals surface area contributed by atoms with Crippen LogP contribution < -0.4 is 0 Å². The number of hydrogen-bond acceptors (Lipinski definition) is 3. The van der Waals surface area contributed by atoms with Crippen LogP contribution >= 0.6 is 0 Å². The fourth-order valence-corrected chi connectivity index (χ4v) is 2.33. The van der Waals surface area contributed by atoms with Crippen molar-refractivity contribution >= 4 is 6.29 Å². The van der Waals surface area contributed by atoms with Crippen LogP contribution in [0.2, 0.25) is 0 Å². The summed E-state index contributed by atoms with van der Waals surface area (Å²) in [5.74, 6) is -0.287. The molecule has 3 aromatic rings. The Balaban J connectivity index is 2.04. The Kier molecular flexibility index (Phi) is 3.78. The Labute approximate surface area is 127 Å². The number of benzene rings is 2. The average molecular weight is 295 g/mol. The molecule has 0 aliphatic rings. The first-order valence-electron chi connectivity index (χ1n) is 6.88. The maximum atomic E-state index is 13.0. The van der Waals surface area contributed by atoms with Crippen molar-refractivity contribution in [2.75, 3.05) is 0 Å². The number of carbonyl (C=O) groups excluding carboxylic acids is 1. The zero-order chi connectivity index (χ0) is 15.5. The van der Waals surface area contributed by atoms with E-state index in [1.165, 1.54) is 12.1 Å². The molecule has 0 bridgehead atoms. The van der Waals surface area contributed by atoms with Crippen LogP contribution in [0.15, 0.2) is 48.5 Å². The van der Waals surface area contributed by atoms with Crippen LogP contribution in [0.5, 0.6) is 0 Å². The Morgan fingerprint density at radius 1 is 1.18 bits per heavy atom. The van der Waals surface area contributed by atoms with Gasteiger partial charge in [-0.1, -0.05) is 29.5 Å². The quantitative estimate of drug-likeness (QED) is 0.695. The molecule has 0 amide bonds. The second-order valence-electron chi connectivity index (χ2n) is 5.09. The van der Waals surface area contributed by atoms with E-state index in [1.807, 2.05) is 31.2 Å². The SMILES string of the molecule is Cc1cccc(-n2nnc(C=O)c2Cc2ccc(F)cc2)c1. The highest BCUT2D eigenvalue weighted by molar-refractivity contribution is 5.73. The van der Waals surface area contributed by atoms with Gasteiger partial charge in [0.05, 0.1) is 11.4 Å². The molecule has 5 heteroatoms. The Hall–Kier alpha value is -2.82. The van der Waals surface area contributed by atoms with Gasteiger partial charge in [0.2, 0.25) is 0 Å². The van der Waals surface area contributed by atoms with E-state index in [-0.39, 0.29) is 5.82 Å². The number of aldehydes is 1. The van der Waals surface area contributed by atoms with Crippen molar-refractivity contribution in [1.82, 2.24) is 15.0 Å². The molecule has 0 saturated heterocycles. The highest BCUT2D eigenvalue weighted by Gasteiger charge is 2.14.